The first kappa shape index (κ1) is 31.5. The first-order valence-corrected chi connectivity index (χ1v) is 17.2. The third-order valence-corrected chi connectivity index (χ3v) is 14.7. The molecule has 5 nitrogen and oxygen atoms in total. The molecular formula is C39H55NO4. The maximum atomic E-state index is 14.7. The number of ketones is 1. The van der Waals surface area contributed by atoms with E-state index in [9.17, 15) is 14.4 Å². The van der Waals surface area contributed by atoms with Gasteiger partial charge in [0.15, 0.2) is 5.78 Å². The molecule has 0 aliphatic heterocycles. The average molecular weight is 602 g/mol. The zero-order valence-corrected chi connectivity index (χ0v) is 28.7. The van der Waals surface area contributed by atoms with Gasteiger partial charge < -0.3 is 10.1 Å². The summed E-state index contributed by atoms with van der Waals surface area (Å²) in [6.45, 7) is 19.9. The Hall–Kier alpha value is -2.43. The van der Waals surface area contributed by atoms with Crippen molar-refractivity contribution in [2.75, 3.05) is 5.32 Å². The largest absolute Gasteiger partial charge is 0.462 e. The van der Waals surface area contributed by atoms with Crippen molar-refractivity contribution in [3.8, 4) is 0 Å². The number of ether oxygens (including phenoxy) is 1. The molecule has 1 aromatic rings. The molecule has 0 spiro atoms. The lowest BCUT2D eigenvalue weighted by molar-refractivity contribution is -0.210. The van der Waals surface area contributed by atoms with Crippen molar-refractivity contribution in [3.05, 3.63) is 41.5 Å². The lowest BCUT2D eigenvalue weighted by Crippen LogP contribution is -2.66. The van der Waals surface area contributed by atoms with E-state index >= 15 is 0 Å². The Morgan fingerprint density at radius 3 is 2.18 bits per heavy atom. The van der Waals surface area contributed by atoms with E-state index in [0.717, 1.165) is 63.5 Å². The fraction of sp³-hybridized carbons (Fsp3) is 0.718. The molecule has 0 aromatic heterocycles. The summed E-state index contributed by atoms with van der Waals surface area (Å²) < 4.78 is 5.88. The Morgan fingerprint density at radius 2 is 1.52 bits per heavy atom. The Bertz CT molecular complexity index is 1410. The molecule has 4 saturated carbocycles. The molecule has 0 radical (unpaired) electrons. The molecule has 1 aromatic carbocycles. The number of benzene rings is 1. The normalized spacial score (nSPS) is 44.2. The van der Waals surface area contributed by atoms with E-state index < -0.39 is 5.41 Å². The van der Waals surface area contributed by atoms with Crippen molar-refractivity contribution in [2.45, 2.75) is 126 Å². The monoisotopic (exact) mass is 601 g/mol. The summed E-state index contributed by atoms with van der Waals surface area (Å²) in [7, 11) is 0. The topological polar surface area (TPSA) is 72.5 Å². The van der Waals surface area contributed by atoms with Gasteiger partial charge in [0.05, 0.1) is 0 Å². The molecule has 4 fully saturated rings. The fourth-order valence-electron chi connectivity index (χ4n) is 11.7. The molecule has 5 heteroatoms. The van der Waals surface area contributed by atoms with Crippen LogP contribution >= 0.6 is 0 Å². The van der Waals surface area contributed by atoms with Crippen LogP contribution in [0.3, 0.4) is 0 Å². The van der Waals surface area contributed by atoms with Crippen LogP contribution in [0.1, 0.15) is 119 Å². The van der Waals surface area contributed by atoms with E-state index in [4.69, 9.17) is 4.74 Å². The average Bonchev–Trinajstić information content (AvgIpc) is 2.93. The first-order chi connectivity index (χ1) is 20.4. The molecular weight excluding hydrogens is 546 g/mol. The molecule has 44 heavy (non-hydrogen) atoms. The summed E-state index contributed by atoms with van der Waals surface area (Å²) in [5.74, 6) is 0.664. The van der Waals surface area contributed by atoms with Gasteiger partial charge in [-0.25, -0.2) is 0 Å². The minimum absolute atomic E-state index is 0.0516. The van der Waals surface area contributed by atoms with Gasteiger partial charge in [0.1, 0.15) is 6.10 Å². The van der Waals surface area contributed by atoms with Gasteiger partial charge in [0.2, 0.25) is 5.91 Å². The van der Waals surface area contributed by atoms with Gasteiger partial charge in [-0.05, 0) is 116 Å². The molecule has 0 heterocycles. The minimum Gasteiger partial charge on any atom is -0.462 e. The number of esters is 1. The fourth-order valence-corrected chi connectivity index (χ4v) is 11.7. The van der Waals surface area contributed by atoms with Crippen LogP contribution in [-0.4, -0.2) is 23.8 Å². The second kappa shape index (κ2) is 10.0. The van der Waals surface area contributed by atoms with Crippen LogP contribution < -0.4 is 5.32 Å². The number of fused-ring (bicyclic) bond motifs is 7. The van der Waals surface area contributed by atoms with Gasteiger partial charge in [-0.15, -0.1) is 0 Å². The lowest BCUT2D eigenvalue weighted by atomic mass is 9.33. The van der Waals surface area contributed by atoms with Crippen molar-refractivity contribution in [3.63, 3.8) is 0 Å². The Labute approximate surface area is 265 Å². The van der Waals surface area contributed by atoms with Crippen LogP contribution in [0.4, 0.5) is 5.69 Å². The quantitative estimate of drug-likeness (QED) is 0.351. The van der Waals surface area contributed by atoms with E-state index in [1.165, 1.54) is 18.1 Å². The smallest absolute Gasteiger partial charge is 0.302 e. The summed E-state index contributed by atoms with van der Waals surface area (Å²) in [5.41, 5.74) is 2.39. The summed E-state index contributed by atoms with van der Waals surface area (Å²) >= 11 is 0. The van der Waals surface area contributed by atoms with Gasteiger partial charge in [-0.3, -0.25) is 14.4 Å². The number of carbonyl (C=O) groups excluding carboxylic acids is 3. The van der Waals surface area contributed by atoms with Gasteiger partial charge in [-0.1, -0.05) is 71.7 Å². The number of amides is 1. The molecule has 1 amide bonds. The molecule has 0 unspecified atom stereocenters. The number of hydrogen-bond acceptors (Lipinski definition) is 4. The molecule has 5 aliphatic carbocycles. The number of allylic oxidation sites excluding steroid dienone is 2. The SMILES string of the molecule is CC(=O)O[C@@H]1CC[C@]2(C)[C@H](CC[C@]3(C)[C@@H]2C(=O)C=C2[C@@H]4C[C@](C)(C(=O)Nc5ccc(C)cc5)CC[C@@]4(C)CC[C@@]23C)C1(C)C. The zero-order valence-electron chi connectivity index (χ0n) is 28.7. The van der Waals surface area contributed by atoms with E-state index in [1.807, 2.05) is 24.3 Å². The maximum Gasteiger partial charge on any atom is 0.302 e. The summed E-state index contributed by atoms with van der Waals surface area (Å²) in [6, 6.07) is 8.05. The van der Waals surface area contributed by atoms with Crippen LogP contribution in [-0.2, 0) is 19.1 Å². The lowest BCUT2D eigenvalue weighted by Gasteiger charge is -2.70. The van der Waals surface area contributed by atoms with E-state index in [2.05, 4.69) is 66.8 Å². The van der Waals surface area contributed by atoms with Gasteiger partial charge in [0, 0.05) is 29.4 Å². The minimum atomic E-state index is -0.488. The van der Waals surface area contributed by atoms with Crippen LogP contribution in [0.5, 0.6) is 0 Å². The van der Waals surface area contributed by atoms with Crippen molar-refractivity contribution >= 4 is 23.3 Å². The third-order valence-electron chi connectivity index (χ3n) is 14.7. The Morgan fingerprint density at radius 1 is 0.864 bits per heavy atom. The van der Waals surface area contributed by atoms with Gasteiger partial charge in [-0.2, -0.15) is 0 Å². The summed E-state index contributed by atoms with van der Waals surface area (Å²) in [6.07, 6.45) is 10.6. The first-order valence-electron chi connectivity index (χ1n) is 17.2. The maximum absolute atomic E-state index is 14.7. The van der Waals surface area contributed by atoms with Crippen LogP contribution in [0.25, 0.3) is 0 Å². The second-order valence-corrected chi connectivity index (χ2v) is 17.5. The van der Waals surface area contributed by atoms with Crippen molar-refractivity contribution in [1.29, 1.82) is 0 Å². The molecule has 6 rings (SSSR count). The Balaban J connectivity index is 1.34. The number of rotatable bonds is 3. The highest BCUT2D eigenvalue weighted by Crippen LogP contribution is 2.75. The van der Waals surface area contributed by atoms with Crippen molar-refractivity contribution < 1.29 is 19.1 Å². The van der Waals surface area contributed by atoms with Crippen LogP contribution in [0, 0.1) is 57.2 Å². The highest BCUT2D eigenvalue weighted by atomic mass is 16.5. The number of nitrogens with one attached hydrogen (secondary N) is 1. The van der Waals surface area contributed by atoms with Gasteiger partial charge >= 0.3 is 5.97 Å². The molecule has 9 atom stereocenters. The number of carbonyl (C=O) groups is 3. The third kappa shape index (κ3) is 4.41. The van der Waals surface area contributed by atoms with Crippen molar-refractivity contribution in [1.82, 2.24) is 0 Å². The van der Waals surface area contributed by atoms with Gasteiger partial charge in [0.25, 0.3) is 0 Å². The summed E-state index contributed by atoms with van der Waals surface area (Å²) in [5, 5.41) is 3.23. The molecule has 240 valence electrons. The molecule has 0 saturated heterocycles. The molecule has 1 N–H and O–H groups in total. The Kier molecular flexibility index (Phi) is 7.19. The zero-order chi connectivity index (χ0) is 32.1. The summed E-state index contributed by atoms with van der Waals surface area (Å²) in [4.78, 5) is 40.5. The number of aryl methyl sites for hydroxylation is 1. The van der Waals surface area contributed by atoms with Crippen LogP contribution in [0.2, 0.25) is 0 Å². The highest BCUT2D eigenvalue weighted by molar-refractivity contribution is 5.96. The predicted molar refractivity (Wildman–Crippen MR) is 175 cm³/mol. The standard InChI is InChI=1S/C39H55NO4/c1-24-10-12-26(13-11-24)40-33(43)36(6)19-18-35(5)20-21-38(8)27(28(35)23-36)22-29(42)32-37(7)16-15-31(44-25(2)41)34(3,4)30(37)14-17-39(32,38)9/h10-13,22,28,30-32H,14-21,23H2,1-9H3,(H,40,43)/t28-,30+,31+,32+,35-,36+,37+,38-,39+/m0/s1. The molecule has 5 aliphatic rings. The van der Waals surface area contributed by atoms with Crippen LogP contribution in [0.15, 0.2) is 35.9 Å². The van der Waals surface area contributed by atoms with E-state index in [0.29, 0.717) is 11.7 Å². The predicted octanol–water partition coefficient (Wildman–Crippen LogP) is 8.85. The van der Waals surface area contributed by atoms with E-state index in [-0.39, 0.29) is 56.9 Å². The second-order valence-electron chi connectivity index (χ2n) is 17.5. The van der Waals surface area contributed by atoms with E-state index in [1.54, 1.807) is 0 Å². The van der Waals surface area contributed by atoms with Crippen molar-refractivity contribution in [2.24, 2.45) is 50.2 Å². The highest BCUT2D eigenvalue weighted by Gasteiger charge is 2.70. The molecule has 0 bridgehead atoms. The number of hydrogen-bond donors (Lipinski definition) is 1. The number of anilines is 1.